The quantitative estimate of drug-likeness (QED) is 0.193. The number of hydrogen-bond donors (Lipinski definition) is 4. The average Bonchev–Trinajstić information content (AvgIpc) is 2.73. The third kappa shape index (κ3) is 7.39. The topological polar surface area (TPSA) is 143 Å². The normalized spacial score (nSPS) is 11.6. The Morgan fingerprint density at radius 3 is 2.41 bits per heavy atom. The molecule has 10 nitrogen and oxygen atoms in total. The van der Waals surface area contributed by atoms with Gasteiger partial charge < -0.3 is 4.74 Å². The van der Waals surface area contributed by atoms with Crippen molar-refractivity contribution in [2.45, 2.75) is 31.6 Å². The lowest BCUT2D eigenvalue weighted by Crippen LogP contribution is -2.25. The second-order valence-corrected chi connectivity index (χ2v) is 10.7. The van der Waals surface area contributed by atoms with Crippen LogP contribution in [-0.2, 0) is 24.8 Å². The van der Waals surface area contributed by atoms with Crippen LogP contribution in [-0.4, -0.2) is 42.7 Å². The third-order valence-electron chi connectivity index (χ3n) is 4.47. The van der Waals surface area contributed by atoms with Crippen LogP contribution >= 0.6 is 0 Å². The van der Waals surface area contributed by atoms with E-state index >= 15 is 0 Å². The van der Waals surface area contributed by atoms with Gasteiger partial charge in [0.15, 0.2) is 0 Å². The van der Waals surface area contributed by atoms with Gasteiger partial charge in [-0.05, 0) is 63.6 Å². The van der Waals surface area contributed by atoms with E-state index in [0.29, 0.717) is 25.9 Å². The predicted octanol–water partition coefficient (Wildman–Crippen LogP) is 1.89. The van der Waals surface area contributed by atoms with Crippen molar-refractivity contribution in [2.24, 2.45) is 0 Å². The molecule has 2 aromatic rings. The molecule has 0 fully saturated rings. The first-order chi connectivity index (χ1) is 15.1. The van der Waals surface area contributed by atoms with Crippen LogP contribution in [0.15, 0.2) is 41.3 Å². The highest BCUT2D eigenvalue weighted by Gasteiger charge is 2.19. The standard InChI is InChI=1S/C20H28N4O6S2/c1-15-6-9-19(16(2)12-15)30-10-4-5-11-31(26,27)24-17-7-8-18(23-22-14-25)20(13-17)32(28,29)21-3/h6-9,12-14,21,23-24H,4-5,10-11H2,1-3H3,(H,22,25). The predicted molar refractivity (Wildman–Crippen MR) is 124 cm³/mol. The van der Waals surface area contributed by atoms with Crippen molar-refractivity contribution in [1.82, 2.24) is 10.1 Å². The first kappa shape index (κ1) is 25.4. The lowest BCUT2D eigenvalue weighted by atomic mass is 10.1. The molecule has 0 saturated heterocycles. The molecule has 0 aliphatic heterocycles. The minimum absolute atomic E-state index is 0.0814. The SMILES string of the molecule is CNS(=O)(=O)c1cc(NS(=O)(=O)CCCCOc2ccc(C)cc2C)ccc1NNC=O. The van der Waals surface area contributed by atoms with Gasteiger partial charge in [0.2, 0.25) is 26.5 Å². The number of amides is 1. The van der Waals surface area contributed by atoms with Gasteiger partial charge in [-0.3, -0.25) is 20.4 Å². The fourth-order valence-corrected chi connectivity index (χ4v) is 4.98. The molecule has 0 aromatic heterocycles. The summed E-state index contributed by atoms with van der Waals surface area (Å²) in [5.41, 5.74) is 6.92. The third-order valence-corrected chi connectivity index (χ3v) is 7.30. The molecule has 0 aliphatic rings. The number of unbranched alkanes of at least 4 members (excludes halogenated alkanes) is 1. The van der Waals surface area contributed by atoms with Gasteiger partial charge in [0.1, 0.15) is 10.6 Å². The Morgan fingerprint density at radius 1 is 1.00 bits per heavy atom. The number of hydrazine groups is 1. The minimum atomic E-state index is -3.91. The van der Waals surface area contributed by atoms with Crippen molar-refractivity contribution < 1.29 is 26.4 Å². The number of rotatable bonds is 13. The van der Waals surface area contributed by atoms with Crippen LogP contribution in [0.2, 0.25) is 0 Å². The maximum absolute atomic E-state index is 12.4. The number of nitrogens with one attached hydrogen (secondary N) is 4. The molecule has 0 spiro atoms. The summed E-state index contributed by atoms with van der Waals surface area (Å²) in [6.45, 7) is 4.33. The first-order valence-electron chi connectivity index (χ1n) is 9.81. The summed E-state index contributed by atoms with van der Waals surface area (Å²) in [7, 11) is -6.39. The molecule has 0 unspecified atom stereocenters. The summed E-state index contributed by atoms with van der Waals surface area (Å²) in [6.07, 6.45) is 1.24. The van der Waals surface area contributed by atoms with Crippen molar-refractivity contribution in [3.8, 4) is 5.75 Å². The molecule has 32 heavy (non-hydrogen) atoms. The summed E-state index contributed by atoms with van der Waals surface area (Å²) in [6, 6.07) is 9.77. The van der Waals surface area contributed by atoms with Crippen molar-refractivity contribution >= 4 is 37.8 Å². The minimum Gasteiger partial charge on any atom is -0.493 e. The highest BCUT2D eigenvalue weighted by atomic mass is 32.2. The highest BCUT2D eigenvalue weighted by Crippen LogP contribution is 2.25. The average molecular weight is 485 g/mol. The number of carbonyl (C=O) groups excluding carboxylic acids is 1. The zero-order chi connectivity index (χ0) is 23.8. The van der Waals surface area contributed by atoms with E-state index in [9.17, 15) is 21.6 Å². The molecule has 1 amide bonds. The summed E-state index contributed by atoms with van der Waals surface area (Å²) >= 11 is 0. The lowest BCUT2D eigenvalue weighted by molar-refractivity contribution is -0.109. The second kappa shape index (κ2) is 11.2. The number of aryl methyl sites for hydroxylation is 2. The van der Waals surface area contributed by atoms with E-state index in [1.165, 1.54) is 25.2 Å². The van der Waals surface area contributed by atoms with Gasteiger partial charge in [-0.2, -0.15) is 0 Å². The Labute approximate surface area is 188 Å². The zero-order valence-electron chi connectivity index (χ0n) is 18.1. The molecule has 0 saturated carbocycles. The Bertz CT molecular complexity index is 1150. The van der Waals surface area contributed by atoms with Gasteiger partial charge in [-0.15, -0.1) is 0 Å². The number of benzene rings is 2. The fraction of sp³-hybridized carbons (Fsp3) is 0.350. The van der Waals surface area contributed by atoms with Gasteiger partial charge in [0, 0.05) is 5.69 Å². The summed E-state index contributed by atoms with van der Waals surface area (Å²) in [5, 5.41) is 0. The van der Waals surface area contributed by atoms with E-state index in [4.69, 9.17) is 4.74 Å². The molecule has 176 valence electrons. The van der Waals surface area contributed by atoms with Crippen molar-refractivity contribution in [3.05, 3.63) is 47.5 Å². The van der Waals surface area contributed by atoms with Crippen LogP contribution in [0.5, 0.6) is 5.75 Å². The molecule has 2 aromatic carbocycles. The Kier molecular flexibility index (Phi) is 8.87. The van der Waals surface area contributed by atoms with Gasteiger partial charge in [-0.1, -0.05) is 17.7 Å². The molecule has 4 N–H and O–H groups in total. The molecular formula is C20H28N4O6S2. The van der Waals surface area contributed by atoms with Crippen LogP contribution in [0.1, 0.15) is 24.0 Å². The van der Waals surface area contributed by atoms with Gasteiger partial charge in [-0.25, -0.2) is 21.6 Å². The summed E-state index contributed by atoms with van der Waals surface area (Å²) in [5.74, 6) is 0.622. The van der Waals surface area contributed by atoms with E-state index in [1.807, 2.05) is 32.0 Å². The number of carbonyl (C=O) groups is 1. The van der Waals surface area contributed by atoms with Gasteiger partial charge in [0.25, 0.3) is 0 Å². The molecule has 2 rings (SSSR count). The van der Waals surface area contributed by atoms with Gasteiger partial charge in [0.05, 0.1) is 18.0 Å². The Morgan fingerprint density at radius 2 is 1.75 bits per heavy atom. The van der Waals surface area contributed by atoms with E-state index in [1.54, 1.807) is 0 Å². The fourth-order valence-electron chi connectivity index (χ4n) is 2.90. The number of ether oxygens (including phenoxy) is 1. The smallest absolute Gasteiger partial charge is 0.242 e. The summed E-state index contributed by atoms with van der Waals surface area (Å²) < 4.78 is 59.6. The zero-order valence-corrected chi connectivity index (χ0v) is 19.8. The molecule has 0 aliphatic carbocycles. The largest absolute Gasteiger partial charge is 0.493 e. The number of hydrogen-bond acceptors (Lipinski definition) is 7. The summed E-state index contributed by atoms with van der Waals surface area (Å²) in [4.78, 5) is 10.3. The highest BCUT2D eigenvalue weighted by molar-refractivity contribution is 7.92. The maximum atomic E-state index is 12.4. The maximum Gasteiger partial charge on any atom is 0.242 e. The lowest BCUT2D eigenvalue weighted by Gasteiger charge is -2.14. The molecule has 0 bridgehead atoms. The number of sulfonamides is 2. The second-order valence-electron chi connectivity index (χ2n) is 7.05. The Hall–Kier alpha value is -2.83. The van der Waals surface area contributed by atoms with E-state index < -0.39 is 20.0 Å². The van der Waals surface area contributed by atoms with Crippen molar-refractivity contribution in [2.75, 3.05) is 29.6 Å². The molecular weight excluding hydrogens is 456 g/mol. The van der Waals surface area contributed by atoms with E-state index in [-0.39, 0.29) is 22.0 Å². The van der Waals surface area contributed by atoms with Crippen LogP contribution in [0.25, 0.3) is 0 Å². The van der Waals surface area contributed by atoms with Gasteiger partial charge >= 0.3 is 0 Å². The van der Waals surface area contributed by atoms with Crippen molar-refractivity contribution in [3.63, 3.8) is 0 Å². The molecule has 0 atom stereocenters. The number of anilines is 2. The monoisotopic (exact) mass is 484 g/mol. The molecule has 0 radical (unpaired) electrons. The molecule has 0 heterocycles. The first-order valence-corrected chi connectivity index (χ1v) is 12.9. The van der Waals surface area contributed by atoms with Crippen LogP contribution in [0, 0.1) is 13.8 Å². The van der Waals surface area contributed by atoms with Crippen LogP contribution in [0.4, 0.5) is 11.4 Å². The van der Waals surface area contributed by atoms with Crippen LogP contribution < -0.4 is 25.0 Å². The molecule has 12 heteroatoms. The van der Waals surface area contributed by atoms with E-state index in [2.05, 4.69) is 20.3 Å². The van der Waals surface area contributed by atoms with Crippen molar-refractivity contribution in [1.29, 1.82) is 0 Å². The van der Waals surface area contributed by atoms with Crippen LogP contribution in [0.3, 0.4) is 0 Å². The van der Waals surface area contributed by atoms with E-state index in [0.717, 1.165) is 16.9 Å². The Balaban J connectivity index is 1.97.